The molecule has 0 saturated carbocycles. The molecule has 2 aromatic carbocycles. The molecule has 0 amide bonds. The molecule has 0 bridgehead atoms. The molecule has 0 radical (unpaired) electrons. The SMILES string of the molecule is COc1cc2ccsc2cc1OCc1ccccc1. The normalized spacial score (nSPS) is 10.6. The van der Waals surface area contributed by atoms with Gasteiger partial charge in [0.15, 0.2) is 11.5 Å². The first-order valence-electron chi connectivity index (χ1n) is 6.09. The highest BCUT2D eigenvalue weighted by Gasteiger charge is 2.07. The lowest BCUT2D eigenvalue weighted by Crippen LogP contribution is -1.97. The molecule has 1 aromatic heterocycles. The van der Waals surface area contributed by atoms with Gasteiger partial charge in [0.2, 0.25) is 0 Å². The van der Waals surface area contributed by atoms with Crippen LogP contribution in [0.25, 0.3) is 10.1 Å². The Morgan fingerprint density at radius 2 is 1.84 bits per heavy atom. The van der Waals surface area contributed by atoms with E-state index >= 15 is 0 Å². The lowest BCUT2D eigenvalue weighted by Gasteiger charge is -2.11. The maximum Gasteiger partial charge on any atom is 0.163 e. The van der Waals surface area contributed by atoms with Crippen molar-refractivity contribution in [1.29, 1.82) is 0 Å². The van der Waals surface area contributed by atoms with Gasteiger partial charge in [-0.15, -0.1) is 11.3 Å². The van der Waals surface area contributed by atoms with Crippen LogP contribution in [-0.2, 0) is 6.61 Å². The summed E-state index contributed by atoms with van der Waals surface area (Å²) in [5.74, 6) is 1.57. The molecule has 3 heteroatoms. The number of fused-ring (bicyclic) bond motifs is 1. The Labute approximate surface area is 116 Å². The Hall–Kier alpha value is -2.00. The fraction of sp³-hybridized carbons (Fsp3) is 0.125. The van der Waals surface area contributed by atoms with Crippen LogP contribution in [0.2, 0.25) is 0 Å². The van der Waals surface area contributed by atoms with Crippen molar-refractivity contribution in [2.75, 3.05) is 7.11 Å². The van der Waals surface area contributed by atoms with E-state index in [0.29, 0.717) is 6.61 Å². The van der Waals surface area contributed by atoms with E-state index in [1.165, 1.54) is 10.1 Å². The lowest BCUT2D eigenvalue weighted by atomic mass is 10.2. The monoisotopic (exact) mass is 270 g/mol. The zero-order valence-corrected chi connectivity index (χ0v) is 11.4. The van der Waals surface area contributed by atoms with Crippen LogP contribution in [0.15, 0.2) is 53.9 Å². The smallest absolute Gasteiger partial charge is 0.163 e. The minimum atomic E-state index is 0.550. The Bertz CT molecular complexity index is 674. The van der Waals surface area contributed by atoms with Crippen LogP contribution in [0.4, 0.5) is 0 Å². The van der Waals surface area contributed by atoms with E-state index in [4.69, 9.17) is 9.47 Å². The molecule has 0 aliphatic carbocycles. The second-order valence-corrected chi connectivity index (χ2v) is 5.18. The number of thiophene rings is 1. The number of ether oxygens (including phenoxy) is 2. The topological polar surface area (TPSA) is 18.5 Å². The number of hydrogen-bond acceptors (Lipinski definition) is 3. The quantitative estimate of drug-likeness (QED) is 0.695. The summed E-state index contributed by atoms with van der Waals surface area (Å²) >= 11 is 1.71. The molecule has 96 valence electrons. The lowest BCUT2D eigenvalue weighted by molar-refractivity contribution is 0.285. The Kier molecular flexibility index (Phi) is 3.38. The minimum absolute atomic E-state index is 0.550. The van der Waals surface area contributed by atoms with E-state index < -0.39 is 0 Å². The maximum absolute atomic E-state index is 5.87. The Morgan fingerprint density at radius 1 is 1.00 bits per heavy atom. The molecule has 0 saturated heterocycles. The van der Waals surface area contributed by atoms with Crippen LogP contribution in [0, 0.1) is 0 Å². The zero-order valence-electron chi connectivity index (χ0n) is 10.6. The zero-order chi connectivity index (χ0) is 13.1. The number of hydrogen-bond donors (Lipinski definition) is 0. The van der Waals surface area contributed by atoms with Gasteiger partial charge in [-0.1, -0.05) is 30.3 Å². The van der Waals surface area contributed by atoms with Gasteiger partial charge in [-0.05, 0) is 28.5 Å². The summed E-state index contributed by atoms with van der Waals surface area (Å²) in [6.07, 6.45) is 0. The summed E-state index contributed by atoms with van der Waals surface area (Å²) < 4.78 is 12.5. The predicted octanol–water partition coefficient (Wildman–Crippen LogP) is 4.49. The summed E-state index contributed by atoms with van der Waals surface area (Å²) in [5.41, 5.74) is 1.15. The first kappa shape index (κ1) is 12.1. The van der Waals surface area contributed by atoms with E-state index in [0.717, 1.165) is 17.1 Å². The van der Waals surface area contributed by atoms with E-state index in [9.17, 15) is 0 Å². The van der Waals surface area contributed by atoms with E-state index in [1.54, 1.807) is 18.4 Å². The number of benzene rings is 2. The van der Waals surface area contributed by atoms with Gasteiger partial charge in [-0.2, -0.15) is 0 Å². The summed E-state index contributed by atoms with van der Waals surface area (Å²) in [4.78, 5) is 0. The standard InChI is InChI=1S/C16H14O2S/c1-17-14-9-13-7-8-19-16(13)10-15(14)18-11-12-5-3-2-4-6-12/h2-10H,11H2,1H3. The molecule has 1 heterocycles. The van der Waals surface area contributed by atoms with Crippen LogP contribution < -0.4 is 9.47 Å². The van der Waals surface area contributed by atoms with Crippen molar-refractivity contribution in [1.82, 2.24) is 0 Å². The molecule has 3 aromatic rings. The van der Waals surface area contributed by atoms with Gasteiger partial charge in [-0.3, -0.25) is 0 Å². The molecule has 19 heavy (non-hydrogen) atoms. The second-order valence-electron chi connectivity index (χ2n) is 4.24. The van der Waals surface area contributed by atoms with Crippen molar-refractivity contribution in [3.05, 3.63) is 59.5 Å². The minimum Gasteiger partial charge on any atom is -0.493 e. The van der Waals surface area contributed by atoms with Crippen molar-refractivity contribution in [3.63, 3.8) is 0 Å². The Morgan fingerprint density at radius 3 is 2.63 bits per heavy atom. The van der Waals surface area contributed by atoms with Gasteiger partial charge in [-0.25, -0.2) is 0 Å². The fourth-order valence-electron chi connectivity index (χ4n) is 1.98. The van der Waals surface area contributed by atoms with Gasteiger partial charge in [0.25, 0.3) is 0 Å². The third kappa shape index (κ3) is 2.56. The fourth-order valence-corrected chi connectivity index (χ4v) is 2.78. The van der Waals surface area contributed by atoms with Crippen molar-refractivity contribution in [2.45, 2.75) is 6.61 Å². The maximum atomic E-state index is 5.87. The van der Waals surface area contributed by atoms with Crippen molar-refractivity contribution in [2.24, 2.45) is 0 Å². The third-order valence-corrected chi connectivity index (χ3v) is 3.86. The largest absolute Gasteiger partial charge is 0.493 e. The highest BCUT2D eigenvalue weighted by atomic mass is 32.1. The first-order valence-corrected chi connectivity index (χ1v) is 6.97. The Balaban J connectivity index is 1.86. The third-order valence-electron chi connectivity index (χ3n) is 2.98. The molecular weight excluding hydrogens is 256 g/mol. The number of methoxy groups -OCH3 is 1. The molecule has 0 aliphatic heterocycles. The van der Waals surface area contributed by atoms with Gasteiger partial charge in [0.05, 0.1) is 7.11 Å². The van der Waals surface area contributed by atoms with Crippen LogP contribution >= 0.6 is 11.3 Å². The molecule has 0 spiro atoms. The molecule has 0 atom stereocenters. The average Bonchev–Trinajstić information content (AvgIpc) is 2.92. The molecular formula is C16H14O2S. The highest BCUT2D eigenvalue weighted by Crippen LogP contribution is 2.35. The number of rotatable bonds is 4. The molecule has 2 nitrogen and oxygen atoms in total. The summed E-state index contributed by atoms with van der Waals surface area (Å²) in [6.45, 7) is 0.550. The van der Waals surface area contributed by atoms with Crippen molar-refractivity contribution in [3.8, 4) is 11.5 Å². The predicted molar refractivity (Wildman–Crippen MR) is 79.2 cm³/mol. The molecule has 0 N–H and O–H groups in total. The van der Waals surface area contributed by atoms with E-state index in [1.807, 2.05) is 30.3 Å². The van der Waals surface area contributed by atoms with E-state index in [-0.39, 0.29) is 0 Å². The molecule has 0 aliphatic rings. The van der Waals surface area contributed by atoms with Crippen LogP contribution in [0.5, 0.6) is 11.5 Å². The summed E-state index contributed by atoms with van der Waals surface area (Å²) in [5, 5.41) is 3.26. The van der Waals surface area contributed by atoms with Crippen LogP contribution in [0.3, 0.4) is 0 Å². The van der Waals surface area contributed by atoms with Gasteiger partial charge in [0, 0.05) is 10.8 Å². The van der Waals surface area contributed by atoms with Crippen LogP contribution in [0.1, 0.15) is 5.56 Å². The van der Waals surface area contributed by atoms with Crippen molar-refractivity contribution >= 4 is 21.4 Å². The second kappa shape index (κ2) is 5.33. The summed E-state index contributed by atoms with van der Waals surface area (Å²) in [6, 6.07) is 16.3. The van der Waals surface area contributed by atoms with E-state index in [2.05, 4.69) is 23.6 Å². The first-order chi connectivity index (χ1) is 9.36. The van der Waals surface area contributed by atoms with Crippen LogP contribution in [-0.4, -0.2) is 7.11 Å². The van der Waals surface area contributed by atoms with Gasteiger partial charge >= 0.3 is 0 Å². The molecule has 0 unspecified atom stereocenters. The summed E-state index contributed by atoms with van der Waals surface area (Å²) in [7, 11) is 1.67. The van der Waals surface area contributed by atoms with Gasteiger partial charge in [0.1, 0.15) is 6.61 Å². The highest BCUT2D eigenvalue weighted by molar-refractivity contribution is 7.17. The van der Waals surface area contributed by atoms with Crippen molar-refractivity contribution < 1.29 is 9.47 Å². The molecule has 0 fully saturated rings. The van der Waals surface area contributed by atoms with Gasteiger partial charge < -0.3 is 9.47 Å². The molecule has 3 rings (SSSR count). The average molecular weight is 270 g/mol.